The largest absolute Gasteiger partial charge is 0.497 e. The van der Waals surface area contributed by atoms with Crippen molar-refractivity contribution in [1.82, 2.24) is 15.0 Å². The number of carbonyl (C=O) groups excluding carboxylic acids is 1. The Balaban J connectivity index is 1.21. The van der Waals surface area contributed by atoms with Crippen molar-refractivity contribution in [3.63, 3.8) is 0 Å². The highest BCUT2D eigenvalue weighted by molar-refractivity contribution is 7.99. The lowest BCUT2D eigenvalue weighted by molar-refractivity contribution is -0.113. The van der Waals surface area contributed by atoms with Gasteiger partial charge in [0.05, 0.1) is 34.2 Å². The first-order valence-electron chi connectivity index (χ1n) is 9.46. The Kier molecular flexibility index (Phi) is 5.21. The predicted octanol–water partition coefficient (Wildman–Crippen LogP) is 3.96. The quantitative estimate of drug-likeness (QED) is 0.454. The number of hydrogen-bond acceptors (Lipinski definition) is 8. The van der Waals surface area contributed by atoms with Gasteiger partial charge in [0.25, 0.3) is 5.56 Å². The molecule has 1 aliphatic carbocycles. The van der Waals surface area contributed by atoms with E-state index in [2.05, 4.69) is 20.3 Å². The minimum Gasteiger partial charge on any atom is -0.497 e. The van der Waals surface area contributed by atoms with Gasteiger partial charge >= 0.3 is 0 Å². The summed E-state index contributed by atoms with van der Waals surface area (Å²) in [6.07, 6.45) is 3.12. The minimum atomic E-state index is -0.135. The molecular weight excluding hydrogens is 440 g/mol. The predicted molar refractivity (Wildman–Crippen MR) is 123 cm³/mol. The summed E-state index contributed by atoms with van der Waals surface area (Å²) in [7, 11) is 1.62. The molecule has 7 nitrogen and oxygen atoms in total. The van der Waals surface area contributed by atoms with Crippen molar-refractivity contribution in [2.75, 3.05) is 18.2 Å². The fraction of sp³-hybridized carbons (Fsp3) is 0.300. The summed E-state index contributed by atoms with van der Waals surface area (Å²) in [5.74, 6) is 1.95. The standard InChI is InChI=1S/C20H18N4O3S3/c1-27-10-5-6-12-14(7-10)30-20(21-12)24-16(25)9-28-8-15-22-18(26)17-11-3-2-4-13(11)29-19(17)23-15/h5-7H,2-4,8-9H2,1H3,(H,21,24,25)(H,22,23,26). The van der Waals surface area contributed by atoms with Crippen molar-refractivity contribution in [1.29, 1.82) is 0 Å². The fourth-order valence-electron chi connectivity index (χ4n) is 3.60. The smallest absolute Gasteiger partial charge is 0.259 e. The van der Waals surface area contributed by atoms with Gasteiger partial charge in [0, 0.05) is 4.88 Å². The van der Waals surface area contributed by atoms with Crippen LogP contribution >= 0.6 is 34.4 Å². The van der Waals surface area contributed by atoms with Crippen LogP contribution < -0.4 is 15.6 Å². The third-order valence-corrected chi connectivity index (χ3v) is 8.00. The van der Waals surface area contributed by atoms with Crippen molar-refractivity contribution in [3.05, 3.63) is 44.8 Å². The Morgan fingerprint density at radius 1 is 1.30 bits per heavy atom. The van der Waals surface area contributed by atoms with E-state index in [-0.39, 0.29) is 17.2 Å². The molecule has 3 aromatic heterocycles. The van der Waals surface area contributed by atoms with Crippen LogP contribution in [0.4, 0.5) is 5.13 Å². The third-order valence-electron chi connectivity index (χ3n) is 4.94. The summed E-state index contributed by atoms with van der Waals surface area (Å²) >= 11 is 4.45. The van der Waals surface area contributed by atoms with E-state index in [1.807, 2.05) is 18.2 Å². The Hall–Kier alpha value is -2.43. The molecule has 0 spiro atoms. The molecule has 2 N–H and O–H groups in total. The number of thiophene rings is 1. The van der Waals surface area contributed by atoms with Crippen LogP contribution in [0.5, 0.6) is 5.75 Å². The van der Waals surface area contributed by atoms with E-state index in [0.29, 0.717) is 16.7 Å². The highest BCUT2D eigenvalue weighted by atomic mass is 32.2. The number of carbonyl (C=O) groups is 1. The van der Waals surface area contributed by atoms with Gasteiger partial charge in [-0.1, -0.05) is 11.3 Å². The average molecular weight is 459 g/mol. The number of nitrogens with one attached hydrogen (secondary N) is 2. The molecule has 0 aliphatic heterocycles. The number of thioether (sulfide) groups is 1. The zero-order chi connectivity index (χ0) is 20.7. The number of fused-ring (bicyclic) bond motifs is 4. The van der Waals surface area contributed by atoms with Crippen molar-refractivity contribution in [3.8, 4) is 5.75 Å². The Morgan fingerprint density at radius 2 is 2.20 bits per heavy atom. The fourth-order valence-corrected chi connectivity index (χ4v) is 6.48. The second kappa shape index (κ2) is 8.01. The van der Waals surface area contributed by atoms with Crippen LogP contribution in [0.2, 0.25) is 0 Å². The topological polar surface area (TPSA) is 97.0 Å². The molecule has 0 saturated carbocycles. The molecule has 0 atom stereocenters. The number of rotatable bonds is 6. The Bertz CT molecular complexity index is 1320. The number of thiazole rings is 1. The van der Waals surface area contributed by atoms with Gasteiger partial charge in [0.2, 0.25) is 5.91 Å². The zero-order valence-electron chi connectivity index (χ0n) is 16.1. The number of anilines is 1. The van der Waals surface area contributed by atoms with Crippen molar-refractivity contribution in [2.45, 2.75) is 25.0 Å². The van der Waals surface area contributed by atoms with Crippen LogP contribution in [-0.2, 0) is 23.4 Å². The van der Waals surface area contributed by atoms with Gasteiger partial charge in [-0.2, -0.15) is 0 Å². The van der Waals surface area contributed by atoms with Crippen molar-refractivity contribution < 1.29 is 9.53 Å². The zero-order valence-corrected chi connectivity index (χ0v) is 18.6. The number of hydrogen-bond donors (Lipinski definition) is 2. The lowest BCUT2D eigenvalue weighted by Crippen LogP contribution is -2.15. The first-order valence-corrected chi connectivity index (χ1v) is 12.2. The maximum Gasteiger partial charge on any atom is 0.259 e. The molecule has 0 saturated heterocycles. The molecule has 10 heteroatoms. The molecule has 1 aromatic carbocycles. The molecule has 30 heavy (non-hydrogen) atoms. The number of methoxy groups -OCH3 is 1. The maximum absolute atomic E-state index is 12.5. The first-order chi connectivity index (χ1) is 14.6. The van der Waals surface area contributed by atoms with E-state index in [1.165, 1.54) is 33.5 Å². The van der Waals surface area contributed by atoms with Crippen LogP contribution in [0.25, 0.3) is 20.4 Å². The molecule has 1 aliphatic rings. The number of benzene rings is 1. The average Bonchev–Trinajstić information content (AvgIpc) is 3.40. The lowest BCUT2D eigenvalue weighted by Gasteiger charge is -2.03. The van der Waals surface area contributed by atoms with Crippen molar-refractivity contribution in [2.24, 2.45) is 0 Å². The number of H-pyrrole nitrogens is 1. The van der Waals surface area contributed by atoms with E-state index in [0.717, 1.165) is 45.4 Å². The molecule has 0 radical (unpaired) electrons. The summed E-state index contributed by atoms with van der Waals surface area (Å²) in [4.78, 5) is 38.8. The first kappa shape index (κ1) is 19.5. The molecule has 4 aromatic rings. The number of ether oxygens (including phenoxy) is 1. The highest BCUT2D eigenvalue weighted by Gasteiger charge is 2.21. The normalized spacial score (nSPS) is 13.1. The van der Waals surface area contributed by atoms with Gasteiger partial charge in [0.15, 0.2) is 5.13 Å². The summed E-state index contributed by atoms with van der Waals surface area (Å²) in [6, 6.07) is 5.61. The van der Waals surface area contributed by atoms with Crippen LogP contribution in [-0.4, -0.2) is 33.7 Å². The maximum atomic E-state index is 12.5. The molecule has 0 fully saturated rings. The molecule has 1 amide bonds. The monoisotopic (exact) mass is 458 g/mol. The second-order valence-corrected chi connectivity index (χ2v) is 10.0. The molecule has 0 bridgehead atoms. The number of aromatic nitrogens is 3. The van der Waals surface area contributed by atoms with Gasteiger partial charge in [-0.15, -0.1) is 23.1 Å². The molecule has 5 rings (SSSR count). The van der Waals surface area contributed by atoms with Crippen molar-refractivity contribution >= 4 is 65.9 Å². The van der Waals surface area contributed by atoms with Crippen LogP contribution in [0, 0.1) is 0 Å². The van der Waals surface area contributed by atoms with Crippen LogP contribution in [0.15, 0.2) is 23.0 Å². The summed E-state index contributed by atoms with van der Waals surface area (Å²) in [5, 5.41) is 4.15. The highest BCUT2D eigenvalue weighted by Crippen LogP contribution is 2.34. The van der Waals surface area contributed by atoms with E-state index in [1.54, 1.807) is 18.4 Å². The van der Waals surface area contributed by atoms with Crippen LogP contribution in [0.1, 0.15) is 22.7 Å². The number of nitrogens with zero attached hydrogens (tertiary/aromatic N) is 2. The van der Waals surface area contributed by atoms with E-state index in [9.17, 15) is 9.59 Å². The van der Waals surface area contributed by atoms with Gasteiger partial charge in [0.1, 0.15) is 16.4 Å². The summed E-state index contributed by atoms with van der Waals surface area (Å²) in [6.45, 7) is 0. The van der Waals surface area contributed by atoms with Gasteiger partial charge in [-0.25, -0.2) is 9.97 Å². The van der Waals surface area contributed by atoms with Gasteiger partial charge in [-0.05, 0) is 43.0 Å². The number of aryl methyl sites for hydroxylation is 2. The minimum absolute atomic E-state index is 0.0654. The molecule has 0 unspecified atom stereocenters. The Labute approximate surface area is 183 Å². The summed E-state index contributed by atoms with van der Waals surface area (Å²) < 4.78 is 6.17. The lowest BCUT2D eigenvalue weighted by atomic mass is 10.2. The van der Waals surface area contributed by atoms with Gasteiger partial charge in [-0.3, -0.25) is 9.59 Å². The van der Waals surface area contributed by atoms with Crippen LogP contribution in [0.3, 0.4) is 0 Å². The van der Waals surface area contributed by atoms with Gasteiger partial charge < -0.3 is 15.0 Å². The molecule has 3 heterocycles. The summed E-state index contributed by atoms with van der Waals surface area (Å²) in [5.41, 5.74) is 1.93. The molecular formula is C20H18N4O3S3. The van der Waals surface area contributed by atoms with E-state index in [4.69, 9.17) is 4.74 Å². The number of aromatic amines is 1. The second-order valence-electron chi connectivity index (χ2n) is 6.94. The third kappa shape index (κ3) is 3.70. The molecule has 154 valence electrons. The Morgan fingerprint density at radius 3 is 3.07 bits per heavy atom. The van der Waals surface area contributed by atoms with E-state index < -0.39 is 0 Å². The SMILES string of the molecule is COc1ccc2nc(NC(=O)CSCc3nc4sc5c(c4c(=O)[nH]3)CCC5)sc2c1. The number of amides is 1. The van der Waals surface area contributed by atoms with E-state index >= 15 is 0 Å².